The Kier molecular flexibility index (Phi) is 5.98. The Morgan fingerprint density at radius 2 is 2.15 bits per heavy atom. The van der Waals surface area contributed by atoms with Gasteiger partial charge in [0.1, 0.15) is 5.82 Å². The summed E-state index contributed by atoms with van der Waals surface area (Å²) >= 11 is 0. The molecule has 140 valence electrons. The van der Waals surface area contributed by atoms with E-state index < -0.39 is 11.6 Å². The smallest absolute Gasteiger partial charge is 0.226 e. The van der Waals surface area contributed by atoms with Gasteiger partial charge in [0.05, 0.1) is 13.2 Å². The summed E-state index contributed by atoms with van der Waals surface area (Å²) in [5.41, 5.74) is 0.636. The third kappa shape index (κ3) is 4.27. The Morgan fingerprint density at radius 1 is 1.35 bits per heavy atom. The second-order valence-electron chi connectivity index (χ2n) is 6.60. The third-order valence-corrected chi connectivity index (χ3v) is 4.80. The van der Waals surface area contributed by atoms with E-state index in [2.05, 4.69) is 4.98 Å². The summed E-state index contributed by atoms with van der Waals surface area (Å²) in [7, 11) is 1.61. The molecule has 0 N–H and O–H groups in total. The van der Waals surface area contributed by atoms with Gasteiger partial charge in [0.15, 0.2) is 11.6 Å². The molecule has 0 saturated heterocycles. The van der Waals surface area contributed by atoms with Crippen molar-refractivity contribution >= 4 is 5.91 Å². The number of methoxy groups -OCH3 is 1. The van der Waals surface area contributed by atoms with Gasteiger partial charge in [-0.15, -0.1) is 0 Å². The zero-order valence-electron chi connectivity index (χ0n) is 14.8. The fraction of sp³-hybridized carbons (Fsp3) is 0.474. The quantitative estimate of drug-likeness (QED) is 0.724. The molecule has 5 nitrogen and oxygen atoms in total. The van der Waals surface area contributed by atoms with Crippen LogP contribution in [0.3, 0.4) is 0 Å². The van der Waals surface area contributed by atoms with Crippen molar-refractivity contribution in [1.29, 1.82) is 0 Å². The van der Waals surface area contributed by atoms with Crippen LogP contribution in [0.2, 0.25) is 0 Å². The predicted molar refractivity (Wildman–Crippen MR) is 92.3 cm³/mol. The minimum Gasteiger partial charge on any atom is -0.383 e. The van der Waals surface area contributed by atoms with E-state index in [1.54, 1.807) is 30.5 Å². The molecule has 1 fully saturated rings. The van der Waals surface area contributed by atoms with Crippen molar-refractivity contribution in [3.8, 4) is 0 Å². The molecule has 0 unspecified atom stereocenters. The van der Waals surface area contributed by atoms with Crippen LogP contribution in [0.15, 0.2) is 30.6 Å². The van der Waals surface area contributed by atoms with Crippen LogP contribution in [0.25, 0.3) is 0 Å². The summed E-state index contributed by atoms with van der Waals surface area (Å²) in [5.74, 6) is -0.793. The minimum atomic E-state index is -0.869. The van der Waals surface area contributed by atoms with E-state index in [9.17, 15) is 13.6 Å². The SMILES string of the molecule is COCCN(Cc1nccn1Cc1ccc(F)c(F)c1)C(=O)C1CCC1. The first-order valence-electron chi connectivity index (χ1n) is 8.80. The van der Waals surface area contributed by atoms with Crippen molar-refractivity contribution in [1.82, 2.24) is 14.5 Å². The second kappa shape index (κ2) is 8.40. The number of benzene rings is 1. The molecule has 0 spiro atoms. The number of rotatable bonds is 8. The molecule has 26 heavy (non-hydrogen) atoms. The first-order chi connectivity index (χ1) is 12.6. The van der Waals surface area contributed by atoms with Gasteiger partial charge >= 0.3 is 0 Å². The van der Waals surface area contributed by atoms with Crippen LogP contribution < -0.4 is 0 Å². The number of nitrogens with zero attached hydrogens (tertiary/aromatic N) is 3. The molecule has 1 aromatic carbocycles. The number of hydrogen-bond donors (Lipinski definition) is 0. The molecular formula is C19H23F2N3O2. The van der Waals surface area contributed by atoms with Crippen LogP contribution in [0.4, 0.5) is 8.78 Å². The lowest BCUT2D eigenvalue weighted by Gasteiger charge is -2.31. The molecule has 0 bridgehead atoms. The molecule has 0 radical (unpaired) electrons. The molecule has 1 aliphatic carbocycles. The van der Waals surface area contributed by atoms with Crippen LogP contribution in [0.5, 0.6) is 0 Å². The summed E-state index contributed by atoms with van der Waals surface area (Å²) in [6, 6.07) is 3.85. The van der Waals surface area contributed by atoms with E-state index in [1.165, 1.54) is 6.07 Å². The maximum absolute atomic E-state index is 13.4. The zero-order valence-corrected chi connectivity index (χ0v) is 14.8. The van der Waals surface area contributed by atoms with Gasteiger partial charge in [0.25, 0.3) is 0 Å². The Labute approximate surface area is 151 Å². The number of hydrogen-bond acceptors (Lipinski definition) is 3. The molecule has 3 rings (SSSR count). The first kappa shape index (κ1) is 18.5. The van der Waals surface area contributed by atoms with Gasteiger partial charge in [-0.25, -0.2) is 13.8 Å². The average Bonchev–Trinajstić information content (AvgIpc) is 3.00. The van der Waals surface area contributed by atoms with E-state index in [1.807, 2.05) is 4.57 Å². The Morgan fingerprint density at radius 3 is 2.81 bits per heavy atom. The lowest BCUT2D eigenvalue weighted by Crippen LogP contribution is -2.40. The topological polar surface area (TPSA) is 47.4 Å². The fourth-order valence-electron chi connectivity index (χ4n) is 3.02. The van der Waals surface area contributed by atoms with Crippen molar-refractivity contribution in [2.45, 2.75) is 32.4 Å². The van der Waals surface area contributed by atoms with E-state index in [0.717, 1.165) is 25.3 Å². The second-order valence-corrected chi connectivity index (χ2v) is 6.60. The largest absolute Gasteiger partial charge is 0.383 e. The van der Waals surface area contributed by atoms with Gasteiger partial charge < -0.3 is 14.2 Å². The highest BCUT2D eigenvalue weighted by Gasteiger charge is 2.29. The molecule has 0 atom stereocenters. The van der Waals surface area contributed by atoms with Gasteiger partial charge in [0.2, 0.25) is 5.91 Å². The van der Waals surface area contributed by atoms with E-state index in [-0.39, 0.29) is 11.8 Å². The van der Waals surface area contributed by atoms with Crippen molar-refractivity contribution in [3.63, 3.8) is 0 Å². The molecule has 1 amide bonds. The van der Waals surface area contributed by atoms with Crippen molar-refractivity contribution in [3.05, 3.63) is 53.6 Å². The Bertz CT molecular complexity index is 759. The predicted octanol–water partition coefficient (Wildman–Crippen LogP) is 2.98. The summed E-state index contributed by atoms with van der Waals surface area (Å²) in [6.07, 6.45) is 6.40. The summed E-state index contributed by atoms with van der Waals surface area (Å²) in [4.78, 5) is 18.8. The summed E-state index contributed by atoms with van der Waals surface area (Å²) in [6.45, 7) is 1.70. The van der Waals surface area contributed by atoms with Crippen LogP contribution in [-0.2, 0) is 22.6 Å². The average molecular weight is 363 g/mol. The van der Waals surface area contributed by atoms with Gasteiger partial charge in [-0.3, -0.25) is 4.79 Å². The van der Waals surface area contributed by atoms with Crippen molar-refractivity contribution < 1.29 is 18.3 Å². The molecular weight excluding hydrogens is 340 g/mol. The van der Waals surface area contributed by atoms with Crippen molar-refractivity contribution in [2.24, 2.45) is 5.92 Å². The summed E-state index contributed by atoms with van der Waals surface area (Å²) < 4.78 is 33.5. The third-order valence-electron chi connectivity index (χ3n) is 4.80. The van der Waals surface area contributed by atoms with Crippen LogP contribution in [0, 0.1) is 17.6 Å². The number of carbonyl (C=O) groups excluding carboxylic acids is 1. The Balaban J connectivity index is 1.72. The fourth-order valence-corrected chi connectivity index (χ4v) is 3.02. The lowest BCUT2D eigenvalue weighted by molar-refractivity contribution is -0.139. The highest BCUT2D eigenvalue weighted by atomic mass is 19.2. The molecule has 0 aliphatic heterocycles. The zero-order chi connectivity index (χ0) is 18.5. The van der Waals surface area contributed by atoms with E-state index in [0.29, 0.717) is 37.6 Å². The molecule has 2 aromatic rings. The van der Waals surface area contributed by atoms with Gasteiger partial charge in [-0.1, -0.05) is 12.5 Å². The van der Waals surface area contributed by atoms with Gasteiger partial charge in [-0.2, -0.15) is 0 Å². The first-order valence-corrected chi connectivity index (χ1v) is 8.80. The van der Waals surface area contributed by atoms with E-state index in [4.69, 9.17) is 4.74 Å². The van der Waals surface area contributed by atoms with Crippen LogP contribution >= 0.6 is 0 Å². The van der Waals surface area contributed by atoms with Crippen molar-refractivity contribution in [2.75, 3.05) is 20.3 Å². The lowest BCUT2D eigenvalue weighted by atomic mass is 9.84. The van der Waals surface area contributed by atoms with E-state index >= 15 is 0 Å². The Hall–Kier alpha value is -2.28. The van der Waals surface area contributed by atoms with Gasteiger partial charge in [0, 0.05) is 38.5 Å². The number of halogens is 2. The summed E-state index contributed by atoms with van der Waals surface area (Å²) in [5, 5.41) is 0. The van der Waals surface area contributed by atoms with Crippen LogP contribution in [0.1, 0.15) is 30.7 Å². The highest BCUT2D eigenvalue weighted by Crippen LogP contribution is 2.28. The number of imidazole rings is 1. The number of amides is 1. The monoisotopic (exact) mass is 363 g/mol. The number of ether oxygens (including phenoxy) is 1. The number of carbonyl (C=O) groups is 1. The molecule has 1 heterocycles. The number of aromatic nitrogens is 2. The van der Waals surface area contributed by atoms with Crippen LogP contribution in [-0.4, -0.2) is 40.6 Å². The maximum atomic E-state index is 13.4. The molecule has 1 aliphatic rings. The minimum absolute atomic E-state index is 0.0986. The molecule has 1 aromatic heterocycles. The normalized spacial score (nSPS) is 14.3. The maximum Gasteiger partial charge on any atom is 0.226 e. The molecule has 1 saturated carbocycles. The molecule has 7 heteroatoms. The standard InChI is InChI=1S/C19H23F2N3O2/c1-26-10-9-24(19(25)15-3-2-4-15)13-18-22-7-8-23(18)12-14-5-6-16(20)17(21)11-14/h5-8,11,15H,2-4,9-10,12-13H2,1H3. The van der Waals surface area contributed by atoms with Gasteiger partial charge in [-0.05, 0) is 30.5 Å². The highest BCUT2D eigenvalue weighted by molar-refractivity contribution is 5.79.